The maximum absolute atomic E-state index is 11.3. The number of esters is 1. The number of carbonyl (C=O) groups is 3. The fourth-order valence-corrected chi connectivity index (χ4v) is 1.07. The SMILES string of the molecule is COC(=O)[C@@](C)(CCC(C)=O)C(C)=O. The van der Waals surface area contributed by atoms with Gasteiger partial charge < -0.3 is 9.53 Å². The van der Waals surface area contributed by atoms with E-state index in [1.54, 1.807) is 0 Å². The van der Waals surface area contributed by atoms with Crippen LogP contribution in [0.15, 0.2) is 0 Å². The number of Topliss-reactive ketones (excluding diaryl/α,β-unsaturated/α-hetero) is 2. The van der Waals surface area contributed by atoms with Crippen molar-refractivity contribution in [2.24, 2.45) is 5.41 Å². The summed E-state index contributed by atoms with van der Waals surface area (Å²) < 4.78 is 4.54. The quantitative estimate of drug-likeness (QED) is 0.493. The summed E-state index contributed by atoms with van der Waals surface area (Å²) in [6.07, 6.45) is 0.426. The third kappa shape index (κ3) is 2.94. The molecule has 14 heavy (non-hydrogen) atoms. The molecule has 0 saturated carbocycles. The predicted octanol–water partition coefficient (Wildman–Crippen LogP) is 1.12. The van der Waals surface area contributed by atoms with Gasteiger partial charge in [-0.3, -0.25) is 9.59 Å². The van der Waals surface area contributed by atoms with Crippen molar-refractivity contribution < 1.29 is 19.1 Å². The Hall–Kier alpha value is -1.19. The van der Waals surface area contributed by atoms with Crippen molar-refractivity contribution in [1.29, 1.82) is 0 Å². The van der Waals surface area contributed by atoms with E-state index in [1.165, 1.54) is 27.9 Å². The van der Waals surface area contributed by atoms with Crippen LogP contribution in [0.2, 0.25) is 0 Å². The first-order chi connectivity index (χ1) is 6.34. The van der Waals surface area contributed by atoms with Gasteiger partial charge in [0.15, 0.2) is 0 Å². The standard InChI is InChI=1S/C10H16O4/c1-7(11)5-6-10(3,8(2)12)9(13)14-4/h5-6H2,1-4H3/t10-/m0/s1. The number of hydrogen-bond acceptors (Lipinski definition) is 4. The average molecular weight is 200 g/mol. The van der Waals surface area contributed by atoms with Gasteiger partial charge in [0.05, 0.1) is 7.11 Å². The molecule has 0 saturated heterocycles. The summed E-state index contributed by atoms with van der Waals surface area (Å²) >= 11 is 0. The molecule has 0 bridgehead atoms. The van der Waals surface area contributed by atoms with Crippen molar-refractivity contribution in [3.63, 3.8) is 0 Å². The van der Waals surface area contributed by atoms with Crippen LogP contribution in [0.4, 0.5) is 0 Å². The summed E-state index contributed by atoms with van der Waals surface area (Å²) in [5.41, 5.74) is -1.18. The molecule has 0 radical (unpaired) electrons. The van der Waals surface area contributed by atoms with Gasteiger partial charge in [-0.2, -0.15) is 0 Å². The van der Waals surface area contributed by atoms with E-state index in [9.17, 15) is 14.4 Å². The average Bonchev–Trinajstić information content (AvgIpc) is 2.12. The van der Waals surface area contributed by atoms with Crippen molar-refractivity contribution >= 4 is 17.5 Å². The molecule has 4 heteroatoms. The molecule has 0 aromatic rings. The Morgan fingerprint density at radius 1 is 1.21 bits per heavy atom. The largest absolute Gasteiger partial charge is 0.468 e. The molecular weight excluding hydrogens is 184 g/mol. The molecule has 1 atom stereocenters. The van der Waals surface area contributed by atoms with E-state index in [1.807, 2.05) is 0 Å². The van der Waals surface area contributed by atoms with E-state index in [0.29, 0.717) is 0 Å². The lowest BCUT2D eigenvalue weighted by molar-refractivity contribution is -0.156. The molecule has 0 N–H and O–H groups in total. The Morgan fingerprint density at radius 2 is 1.71 bits per heavy atom. The molecule has 0 amide bonds. The molecule has 0 heterocycles. The van der Waals surface area contributed by atoms with E-state index < -0.39 is 11.4 Å². The number of carbonyl (C=O) groups excluding carboxylic acids is 3. The Labute approximate surface area is 83.6 Å². The molecule has 0 aliphatic carbocycles. The highest BCUT2D eigenvalue weighted by atomic mass is 16.5. The van der Waals surface area contributed by atoms with E-state index in [0.717, 1.165) is 0 Å². The highest BCUT2D eigenvalue weighted by molar-refractivity contribution is 6.02. The van der Waals surface area contributed by atoms with Gasteiger partial charge in [-0.25, -0.2) is 0 Å². The van der Waals surface area contributed by atoms with Gasteiger partial charge in [-0.05, 0) is 27.2 Å². The van der Waals surface area contributed by atoms with Crippen LogP contribution >= 0.6 is 0 Å². The van der Waals surface area contributed by atoms with Crippen molar-refractivity contribution in [3.8, 4) is 0 Å². The third-order valence-electron chi connectivity index (χ3n) is 2.39. The van der Waals surface area contributed by atoms with Gasteiger partial charge in [0.1, 0.15) is 17.0 Å². The fourth-order valence-electron chi connectivity index (χ4n) is 1.07. The van der Waals surface area contributed by atoms with E-state index in [2.05, 4.69) is 4.74 Å². The van der Waals surface area contributed by atoms with E-state index >= 15 is 0 Å². The smallest absolute Gasteiger partial charge is 0.319 e. The van der Waals surface area contributed by atoms with Crippen molar-refractivity contribution in [2.45, 2.75) is 33.6 Å². The second-order valence-electron chi connectivity index (χ2n) is 3.58. The highest BCUT2D eigenvalue weighted by Gasteiger charge is 2.39. The van der Waals surface area contributed by atoms with Crippen LogP contribution in [-0.4, -0.2) is 24.6 Å². The third-order valence-corrected chi connectivity index (χ3v) is 2.39. The number of ether oxygens (including phenoxy) is 1. The predicted molar refractivity (Wildman–Crippen MR) is 50.7 cm³/mol. The summed E-state index contributed by atoms with van der Waals surface area (Å²) in [6.45, 7) is 4.26. The van der Waals surface area contributed by atoms with E-state index in [-0.39, 0.29) is 24.4 Å². The molecule has 0 aromatic carbocycles. The normalized spacial score (nSPS) is 14.3. The lowest BCUT2D eigenvalue weighted by Crippen LogP contribution is -2.36. The molecule has 80 valence electrons. The first-order valence-corrected chi connectivity index (χ1v) is 4.43. The van der Waals surface area contributed by atoms with Crippen LogP contribution in [0, 0.1) is 5.41 Å². The van der Waals surface area contributed by atoms with Gasteiger partial charge in [0.25, 0.3) is 0 Å². The second kappa shape index (κ2) is 4.88. The molecule has 0 unspecified atom stereocenters. The van der Waals surface area contributed by atoms with Gasteiger partial charge >= 0.3 is 5.97 Å². The fraction of sp³-hybridized carbons (Fsp3) is 0.700. The zero-order valence-corrected chi connectivity index (χ0v) is 9.05. The topological polar surface area (TPSA) is 60.4 Å². The molecule has 0 aromatic heterocycles. The highest BCUT2D eigenvalue weighted by Crippen LogP contribution is 2.26. The van der Waals surface area contributed by atoms with Crippen LogP contribution in [-0.2, 0) is 19.1 Å². The van der Waals surface area contributed by atoms with Crippen molar-refractivity contribution in [1.82, 2.24) is 0 Å². The molecule has 0 spiro atoms. The van der Waals surface area contributed by atoms with Crippen LogP contribution in [0.3, 0.4) is 0 Å². The number of hydrogen-bond donors (Lipinski definition) is 0. The zero-order chi connectivity index (χ0) is 11.4. The van der Waals surface area contributed by atoms with Crippen LogP contribution in [0.25, 0.3) is 0 Å². The van der Waals surface area contributed by atoms with E-state index in [4.69, 9.17) is 0 Å². The van der Waals surface area contributed by atoms with Crippen molar-refractivity contribution in [3.05, 3.63) is 0 Å². The molecule has 4 nitrogen and oxygen atoms in total. The van der Waals surface area contributed by atoms with Crippen LogP contribution in [0.1, 0.15) is 33.6 Å². The monoisotopic (exact) mass is 200 g/mol. The Bertz CT molecular complexity index is 257. The second-order valence-corrected chi connectivity index (χ2v) is 3.58. The summed E-state index contributed by atoms with van der Waals surface area (Å²) in [5, 5.41) is 0. The molecule has 0 aliphatic rings. The Morgan fingerprint density at radius 3 is 2.00 bits per heavy atom. The first-order valence-electron chi connectivity index (χ1n) is 4.43. The zero-order valence-electron chi connectivity index (χ0n) is 9.05. The summed E-state index contributed by atoms with van der Waals surface area (Å²) in [4.78, 5) is 33.4. The van der Waals surface area contributed by atoms with Gasteiger partial charge in [0.2, 0.25) is 0 Å². The van der Waals surface area contributed by atoms with Crippen LogP contribution in [0.5, 0.6) is 0 Å². The molecular formula is C10H16O4. The lowest BCUT2D eigenvalue weighted by Gasteiger charge is -2.22. The summed E-state index contributed by atoms with van der Waals surface area (Å²) in [7, 11) is 1.23. The first kappa shape index (κ1) is 12.8. The lowest BCUT2D eigenvalue weighted by atomic mass is 9.81. The van der Waals surface area contributed by atoms with Gasteiger partial charge in [-0.1, -0.05) is 0 Å². The molecule has 0 fully saturated rings. The number of methoxy groups -OCH3 is 1. The Balaban J connectivity index is 4.64. The van der Waals surface area contributed by atoms with Gasteiger partial charge in [-0.15, -0.1) is 0 Å². The summed E-state index contributed by atoms with van der Waals surface area (Å²) in [6, 6.07) is 0. The minimum Gasteiger partial charge on any atom is -0.468 e. The van der Waals surface area contributed by atoms with Crippen LogP contribution < -0.4 is 0 Å². The number of rotatable bonds is 5. The maximum Gasteiger partial charge on any atom is 0.319 e. The molecule has 0 aliphatic heterocycles. The van der Waals surface area contributed by atoms with Gasteiger partial charge in [0, 0.05) is 6.42 Å². The molecule has 0 rings (SSSR count). The van der Waals surface area contributed by atoms with Crippen molar-refractivity contribution in [2.75, 3.05) is 7.11 Å². The maximum atomic E-state index is 11.3. The number of ketones is 2. The Kier molecular flexibility index (Phi) is 4.47. The summed E-state index contributed by atoms with van der Waals surface area (Å²) in [5.74, 6) is -0.891. The minimum absolute atomic E-state index is 0.0404. The minimum atomic E-state index is -1.18.